The van der Waals surface area contributed by atoms with Crippen molar-refractivity contribution in [3.63, 3.8) is 0 Å². The lowest BCUT2D eigenvalue weighted by atomic mass is 10.1. The Labute approximate surface area is 102 Å². The van der Waals surface area contributed by atoms with Gasteiger partial charge in [-0.05, 0) is 13.0 Å². The predicted molar refractivity (Wildman–Crippen MR) is 62.1 cm³/mol. The molecule has 1 aromatic carbocycles. The lowest BCUT2D eigenvalue weighted by molar-refractivity contribution is -0.383. The first kappa shape index (κ1) is 13.4. The summed E-state index contributed by atoms with van der Waals surface area (Å²) in [5.74, 6) is -1.99. The Bertz CT molecular complexity index is 514. The molecule has 1 aromatic rings. The topological polar surface area (TPSA) is 136 Å². The van der Waals surface area contributed by atoms with Crippen LogP contribution in [-0.4, -0.2) is 27.9 Å². The van der Waals surface area contributed by atoms with Gasteiger partial charge in [-0.2, -0.15) is 0 Å². The average molecular weight is 253 g/mol. The summed E-state index contributed by atoms with van der Waals surface area (Å²) in [5, 5.41) is 21.4. The summed E-state index contributed by atoms with van der Waals surface area (Å²) in [6, 6.07) is 2.63. The number of nitrogens with zero attached hydrogens (tertiary/aromatic N) is 1. The summed E-state index contributed by atoms with van der Waals surface area (Å²) in [6.07, 6.45) is 0. The van der Waals surface area contributed by atoms with Crippen molar-refractivity contribution < 1.29 is 19.6 Å². The second kappa shape index (κ2) is 5.13. The molecular formula is C10H11N3O5. The van der Waals surface area contributed by atoms with Crippen LogP contribution in [0.25, 0.3) is 0 Å². The standard InChI is InChI=1S/C10H11N3O5/c1-5(10(15)16)12-9(14)6-3-2-4-7(8(6)11)13(17)18/h2-5H,11H2,1H3,(H,12,14)(H,15,16). The number of rotatable bonds is 4. The van der Waals surface area contributed by atoms with Crippen LogP contribution in [0.4, 0.5) is 11.4 Å². The van der Waals surface area contributed by atoms with Gasteiger partial charge in [-0.1, -0.05) is 6.07 Å². The van der Waals surface area contributed by atoms with E-state index in [4.69, 9.17) is 10.8 Å². The van der Waals surface area contributed by atoms with Crippen molar-refractivity contribution in [1.29, 1.82) is 0 Å². The number of benzene rings is 1. The van der Waals surface area contributed by atoms with Gasteiger partial charge in [0.05, 0.1) is 10.5 Å². The fourth-order valence-corrected chi connectivity index (χ4v) is 1.25. The predicted octanol–water partition coefficient (Wildman–Crippen LogP) is 0.380. The Morgan fingerprint density at radius 3 is 2.61 bits per heavy atom. The van der Waals surface area contributed by atoms with Gasteiger partial charge in [0.1, 0.15) is 11.7 Å². The van der Waals surface area contributed by atoms with Gasteiger partial charge in [0.15, 0.2) is 0 Å². The number of nitro groups is 1. The van der Waals surface area contributed by atoms with Gasteiger partial charge in [0.2, 0.25) is 0 Å². The maximum absolute atomic E-state index is 11.7. The van der Waals surface area contributed by atoms with Gasteiger partial charge in [-0.15, -0.1) is 0 Å². The molecule has 0 bridgehead atoms. The molecule has 1 atom stereocenters. The van der Waals surface area contributed by atoms with E-state index in [-0.39, 0.29) is 11.3 Å². The molecule has 8 nitrogen and oxygen atoms in total. The zero-order chi connectivity index (χ0) is 13.9. The number of carbonyl (C=O) groups is 2. The van der Waals surface area contributed by atoms with Gasteiger partial charge in [0, 0.05) is 6.07 Å². The van der Waals surface area contributed by atoms with Crippen LogP contribution in [-0.2, 0) is 4.79 Å². The van der Waals surface area contributed by atoms with Crippen LogP contribution in [0.15, 0.2) is 18.2 Å². The highest BCUT2D eigenvalue weighted by Crippen LogP contribution is 2.24. The molecule has 4 N–H and O–H groups in total. The second-order valence-corrected chi connectivity index (χ2v) is 3.53. The number of carbonyl (C=O) groups excluding carboxylic acids is 1. The van der Waals surface area contributed by atoms with E-state index in [2.05, 4.69) is 5.32 Å². The van der Waals surface area contributed by atoms with E-state index in [1.165, 1.54) is 19.1 Å². The minimum Gasteiger partial charge on any atom is -0.480 e. The fourth-order valence-electron chi connectivity index (χ4n) is 1.25. The maximum atomic E-state index is 11.7. The summed E-state index contributed by atoms with van der Waals surface area (Å²) < 4.78 is 0. The molecule has 0 fully saturated rings. The van der Waals surface area contributed by atoms with Gasteiger partial charge >= 0.3 is 5.97 Å². The third-order valence-electron chi connectivity index (χ3n) is 2.24. The molecule has 0 spiro atoms. The third-order valence-corrected chi connectivity index (χ3v) is 2.24. The summed E-state index contributed by atoms with van der Waals surface area (Å²) in [5.41, 5.74) is 4.67. The number of para-hydroxylation sites is 1. The van der Waals surface area contributed by atoms with Gasteiger partial charge in [-0.3, -0.25) is 19.7 Å². The highest BCUT2D eigenvalue weighted by molar-refractivity contribution is 6.02. The molecule has 0 aliphatic carbocycles. The number of nitro benzene ring substituents is 1. The van der Waals surface area contributed by atoms with Crippen molar-refractivity contribution in [2.24, 2.45) is 0 Å². The minimum absolute atomic E-state index is 0.128. The summed E-state index contributed by atoms with van der Waals surface area (Å²) in [4.78, 5) is 32.2. The van der Waals surface area contributed by atoms with Crippen molar-refractivity contribution in [2.75, 3.05) is 5.73 Å². The number of nitrogen functional groups attached to an aromatic ring is 1. The van der Waals surface area contributed by atoms with E-state index < -0.39 is 28.5 Å². The van der Waals surface area contributed by atoms with E-state index in [0.29, 0.717) is 0 Å². The van der Waals surface area contributed by atoms with Crippen LogP contribution < -0.4 is 11.1 Å². The first-order valence-corrected chi connectivity index (χ1v) is 4.91. The van der Waals surface area contributed by atoms with Crippen molar-refractivity contribution in [1.82, 2.24) is 5.32 Å². The number of aliphatic carboxylic acids is 1. The van der Waals surface area contributed by atoms with E-state index in [0.717, 1.165) is 6.07 Å². The van der Waals surface area contributed by atoms with Gasteiger partial charge in [-0.25, -0.2) is 0 Å². The molecule has 1 amide bonds. The number of nitrogens with two attached hydrogens (primary N) is 1. The van der Waals surface area contributed by atoms with Crippen LogP contribution in [0.2, 0.25) is 0 Å². The number of hydrogen-bond acceptors (Lipinski definition) is 5. The number of anilines is 1. The summed E-state index contributed by atoms with van der Waals surface area (Å²) >= 11 is 0. The Hall–Kier alpha value is -2.64. The molecule has 0 saturated heterocycles. The van der Waals surface area contributed by atoms with Crippen LogP contribution >= 0.6 is 0 Å². The molecule has 0 aliphatic rings. The quantitative estimate of drug-likeness (QED) is 0.403. The maximum Gasteiger partial charge on any atom is 0.325 e. The molecule has 18 heavy (non-hydrogen) atoms. The zero-order valence-electron chi connectivity index (χ0n) is 9.41. The highest BCUT2D eigenvalue weighted by Gasteiger charge is 2.21. The van der Waals surface area contributed by atoms with Crippen molar-refractivity contribution in [2.45, 2.75) is 13.0 Å². The van der Waals surface area contributed by atoms with Crippen LogP contribution in [0.5, 0.6) is 0 Å². The molecule has 0 aromatic heterocycles. The van der Waals surface area contributed by atoms with E-state index in [9.17, 15) is 19.7 Å². The lowest BCUT2D eigenvalue weighted by Gasteiger charge is -2.10. The van der Waals surface area contributed by atoms with Gasteiger partial charge in [0.25, 0.3) is 11.6 Å². The van der Waals surface area contributed by atoms with E-state index >= 15 is 0 Å². The van der Waals surface area contributed by atoms with Crippen LogP contribution in [0.3, 0.4) is 0 Å². The Kier molecular flexibility index (Phi) is 3.82. The average Bonchev–Trinajstić information content (AvgIpc) is 2.28. The normalized spacial score (nSPS) is 11.6. The molecule has 0 saturated carbocycles. The molecule has 1 unspecified atom stereocenters. The van der Waals surface area contributed by atoms with Crippen molar-refractivity contribution in [3.8, 4) is 0 Å². The van der Waals surface area contributed by atoms with Crippen LogP contribution in [0, 0.1) is 10.1 Å². The first-order valence-electron chi connectivity index (χ1n) is 4.91. The molecule has 0 radical (unpaired) electrons. The number of carboxylic acids is 1. The zero-order valence-corrected chi connectivity index (χ0v) is 9.41. The van der Waals surface area contributed by atoms with Crippen molar-refractivity contribution >= 4 is 23.3 Å². The molecule has 0 heterocycles. The smallest absolute Gasteiger partial charge is 0.325 e. The molecule has 0 aliphatic heterocycles. The third kappa shape index (κ3) is 2.73. The Morgan fingerprint density at radius 1 is 1.50 bits per heavy atom. The van der Waals surface area contributed by atoms with Crippen molar-refractivity contribution in [3.05, 3.63) is 33.9 Å². The highest BCUT2D eigenvalue weighted by atomic mass is 16.6. The molecular weight excluding hydrogens is 242 g/mol. The lowest BCUT2D eigenvalue weighted by Crippen LogP contribution is -2.38. The van der Waals surface area contributed by atoms with Gasteiger partial charge < -0.3 is 16.2 Å². The molecule has 8 heteroatoms. The number of carboxylic acid groups (broad SMARTS) is 1. The molecule has 96 valence electrons. The number of hydrogen-bond donors (Lipinski definition) is 3. The molecule has 1 rings (SSSR count). The minimum atomic E-state index is -1.22. The summed E-state index contributed by atoms with van der Waals surface area (Å²) in [7, 11) is 0. The summed E-state index contributed by atoms with van der Waals surface area (Å²) in [6.45, 7) is 1.27. The van der Waals surface area contributed by atoms with Crippen LogP contribution in [0.1, 0.15) is 17.3 Å². The van der Waals surface area contributed by atoms with E-state index in [1.807, 2.05) is 0 Å². The fraction of sp³-hybridized carbons (Fsp3) is 0.200. The van der Waals surface area contributed by atoms with E-state index in [1.54, 1.807) is 0 Å². The monoisotopic (exact) mass is 253 g/mol. The largest absolute Gasteiger partial charge is 0.480 e. The number of amides is 1. The number of nitrogens with one attached hydrogen (secondary N) is 1. The SMILES string of the molecule is CC(NC(=O)c1cccc([N+](=O)[O-])c1N)C(=O)O. The Morgan fingerprint density at radius 2 is 2.11 bits per heavy atom. The Balaban J connectivity index is 3.04. The first-order chi connectivity index (χ1) is 8.34. The second-order valence-electron chi connectivity index (χ2n) is 3.53.